The van der Waals surface area contributed by atoms with E-state index in [0.29, 0.717) is 5.41 Å². The van der Waals surface area contributed by atoms with Crippen LogP contribution in [0.3, 0.4) is 0 Å². The highest BCUT2D eigenvalue weighted by Crippen LogP contribution is 2.43. The van der Waals surface area contributed by atoms with E-state index in [0.717, 1.165) is 11.7 Å². The second-order valence-corrected chi connectivity index (χ2v) is 5.30. The molecule has 1 aromatic carbocycles. The van der Waals surface area contributed by atoms with Gasteiger partial charge in [0.25, 0.3) is 0 Å². The number of ether oxygens (including phenoxy) is 1. The topological polar surface area (TPSA) is 9.23 Å². The van der Waals surface area contributed by atoms with E-state index in [1.54, 1.807) is 7.11 Å². The van der Waals surface area contributed by atoms with Crippen LogP contribution in [0.1, 0.15) is 45.1 Å². The van der Waals surface area contributed by atoms with Crippen molar-refractivity contribution in [3.05, 3.63) is 29.8 Å². The van der Waals surface area contributed by atoms with E-state index in [2.05, 4.69) is 32.0 Å². The minimum Gasteiger partial charge on any atom is -0.497 e. The lowest BCUT2D eigenvalue weighted by atomic mass is 9.64. The second-order valence-electron chi connectivity index (χ2n) is 5.30. The Bertz CT molecular complexity index is 358. The highest BCUT2D eigenvalue weighted by molar-refractivity contribution is 5.34. The van der Waals surface area contributed by atoms with E-state index in [1.165, 1.54) is 31.2 Å². The molecule has 1 unspecified atom stereocenters. The molecule has 1 nitrogen and oxygen atoms in total. The fraction of sp³-hybridized carbons (Fsp3) is 0.600. The van der Waals surface area contributed by atoms with Gasteiger partial charge in [-0.15, -0.1) is 0 Å². The van der Waals surface area contributed by atoms with Crippen LogP contribution in [0, 0.1) is 5.92 Å². The highest BCUT2D eigenvalue weighted by Gasteiger charge is 2.35. The zero-order valence-corrected chi connectivity index (χ0v) is 10.6. The monoisotopic (exact) mass is 218 g/mol. The second kappa shape index (κ2) is 4.48. The van der Waals surface area contributed by atoms with Crippen LogP contribution in [-0.4, -0.2) is 7.11 Å². The summed E-state index contributed by atoms with van der Waals surface area (Å²) in [4.78, 5) is 0. The minimum absolute atomic E-state index is 0.340. The van der Waals surface area contributed by atoms with E-state index in [1.807, 2.05) is 6.07 Å². The molecule has 0 aliphatic heterocycles. The third-order valence-corrected chi connectivity index (χ3v) is 4.40. The molecule has 0 saturated heterocycles. The molecule has 0 aromatic heterocycles. The quantitative estimate of drug-likeness (QED) is 0.724. The van der Waals surface area contributed by atoms with Gasteiger partial charge in [0.05, 0.1) is 7.11 Å². The SMILES string of the molecule is COc1cccc([C@@]2(C)CCCCC2C)c1. The van der Waals surface area contributed by atoms with Crippen molar-refractivity contribution in [2.75, 3.05) is 7.11 Å². The van der Waals surface area contributed by atoms with Gasteiger partial charge in [-0.1, -0.05) is 38.8 Å². The molecule has 88 valence electrons. The third kappa shape index (κ3) is 1.95. The Labute approximate surface area is 98.8 Å². The van der Waals surface area contributed by atoms with Crippen molar-refractivity contribution >= 4 is 0 Å². The zero-order valence-electron chi connectivity index (χ0n) is 10.6. The largest absolute Gasteiger partial charge is 0.497 e. The minimum atomic E-state index is 0.340. The van der Waals surface area contributed by atoms with Gasteiger partial charge >= 0.3 is 0 Å². The van der Waals surface area contributed by atoms with Gasteiger partial charge in [-0.25, -0.2) is 0 Å². The molecule has 0 heterocycles. The molecule has 1 saturated carbocycles. The molecule has 1 heteroatoms. The predicted molar refractivity (Wildman–Crippen MR) is 68.0 cm³/mol. The lowest BCUT2D eigenvalue weighted by Crippen LogP contribution is -2.33. The number of hydrogen-bond donors (Lipinski definition) is 0. The van der Waals surface area contributed by atoms with Gasteiger partial charge in [-0.2, -0.15) is 0 Å². The van der Waals surface area contributed by atoms with E-state index in [9.17, 15) is 0 Å². The van der Waals surface area contributed by atoms with Crippen molar-refractivity contribution in [1.29, 1.82) is 0 Å². The van der Waals surface area contributed by atoms with Gasteiger partial charge in [0, 0.05) is 0 Å². The number of methoxy groups -OCH3 is 1. The summed E-state index contributed by atoms with van der Waals surface area (Å²) in [7, 11) is 1.74. The molecule has 1 aromatic rings. The molecular formula is C15H22O. The molecule has 2 rings (SSSR count). The standard InChI is InChI=1S/C15H22O/c1-12-7-4-5-10-15(12,2)13-8-6-9-14(11-13)16-3/h6,8-9,11-12H,4-5,7,10H2,1-3H3/t12?,15-/m0/s1. The highest BCUT2D eigenvalue weighted by atomic mass is 16.5. The van der Waals surface area contributed by atoms with Crippen molar-refractivity contribution < 1.29 is 4.74 Å². The van der Waals surface area contributed by atoms with E-state index in [4.69, 9.17) is 4.74 Å². The van der Waals surface area contributed by atoms with Crippen molar-refractivity contribution in [3.8, 4) is 5.75 Å². The summed E-state index contributed by atoms with van der Waals surface area (Å²) in [6, 6.07) is 8.60. The molecule has 0 spiro atoms. The van der Waals surface area contributed by atoms with Crippen molar-refractivity contribution in [2.45, 2.75) is 44.9 Å². The Kier molecular flexibility index (Phi) is 3.22. The Hall–Kier alpha value is -0.980. The number of benzene rings is 1. The van der Waals surface area contributed by atoms with Gasteiger partial charge in [0.2, 0.25) is 0 Å². The summed E-state index contributed by atoms with van der Waals surface area (Å²) in [5, 5.41) is 0. The van der Waals surface area contributed by atoms with Crippen molar-refractivity contribution in [1.82, 2.24) is 0 Å². The lowest BCUT2D eigenvalue weighted by molar-refractivity contribution is 0.220. The Morgan fingerprint density at radius 2 is 2.12 bits per heavy atom. The predicted octanol–water partition coefficient (Wildman–Crippen LogP) is 4.16. The number of rotatable bonds is 2. The summed E-state index contributed by atoms with van der Waals surface area (Å²) >= 11 is 0. The first-order valence-corrected chi connectivity index (χ1v) is 6.31. The van der Waals surface area contributed by atoms with Gasteiger partial charge in [0.1, 0.15) is 5.75 Å². The van der Waals surface area contributed by atoms with Gasteiger partial charge in [-0.05, 0) is 41.9 Å². The third-order valence-electron chi connectivity index (χ3n) is 4.40. The molecule has 16 heavy (non-hydrogen) atoms. The van der Waals surface area contributed by atoms with Gasteiger partial charge in [0.15, 0.2) is 0 Å². The van der Waals surface area contributed by atoms with Gasteiger partial charge < -0.3 is 4.74 Å². The Balaban J connectivity index is 2.33. The average molecular weight is 218 g/mol. The summed E-state index contributed by atoms with van der Waals surface area (Å²) in [6.07, 6.45) is 5.41. The first-order valence-electron chi connectivity index (χ1n) is 6.31. The average Bonchev–Trinajstić information content (AvgIpc) is 2.33. The van der Waals surface area contributed by atoms with Crippen LogP contribution in [0.15, 0.2) is 24.3 Å². The summed E-state index contributed by atoms with van der Waals surface area (Å²) in [5.41, 5.74) is 1.78. The molecule has 1 aliphatic carbocycles. The van der Waals surface area contributed by atoms with Crippen LogP contribution in [-0.2, 0) is 5.41 Å². The molecule has 0 bridgehead atoms. The van der Waals surface area contributed by atoms with E-state index in [-0.39, 0.29) is 0 Å². The van der Waals surface area contributed by atoms with Crippen LogP contribution in [0.5, 0.6) is 5.75 Å². The first-order chi connectivity index (χ1) is 7.66. The molecule has 0 N–H and O–H groups in total. The smallest absolute Gasteiger partial charge is 0.119 e. The fourth-order valence-corrected chi connectivity index (χ4v) is 2.91. The molecule has 2 atom stereocenters. The lowest BCUT2D eigenvalue weighted by Gasteiger charge is -2.40. The van der Waals surface area contributed by atoms with E-state index < -0.39 is 0 Å². The molecule has 0 radical (unpaired) electrons. The van der Waals surface area contributed by atoms with Crippen LogP contribution >= 0.6 is 0 Å². The Morgan fingerprint density at radius 1 is 1.31 bits per heavy atom. The normalized spacial score (nSPS) is 30.1. The zero-order chi connectivity index (χ0) is 11.6. The molecule has 1 fully saturated rings. The van der Waals surface area contributed by atoms with E-state index >= 15 is 0 Å². The Morgan fingerprint density at radius 3 is 2.81 bits per heavy atom. The van der Waals surface area contributed by atoms with Crippen molar-refractivity contribution in [2.24, 2.45) is 5.92 Å². The van der Waals surface area contributed by atoms with Crippen LogP contribution < -0.4 is 4.74 Å². The summed E-state index contributed by atoms with van der Waals surface area (Å²) < 4.78 is 5.33. The summed E-state index contributed by atoms with van der Waals surface area (Å²) in [6.45, 7) is 4.80. The van der Waals surface area contributed by atoms with Gasteiger partial charge in [-0.3, -0.25) is 0 Å². The fourth-order valence-electron chi connectivity index (χ4n) is 2.91. The summed E-state index contributed by atoms with van der Waals surface area (Å²) in [5.74, 6) is 1.75. The number of hydrogen-bond acceptors (Lipinski definition) is 1. The van der Waals surface area contributed by atoms with Crippen molar-refractivity contribution in [3.63, 3.8) is 0 Å². The van der Waals surface area contributed by atoms with Crippen LogP contribution in [0.2, 0.25) is 0 Å². The maximum atomic E-state index is 5.33. The molecule has 1 aliphatic rings. The maximum absolute atomic E-state index is 5.33. The van der Waals surface area contributed by atoms with Crippen LogP contribution in [0.25, 0.3) is 0 Å². The molecule has 0 amide bonds. The van der Waals surface area contributed by atoms with Crippen LogP contribution in [0.4, 0.5) is 0 Å². The first kappa shape index (κ1) is 11.5. The molecular weight excluding hydrogens is 196 g/mol. The maximum Gasteiger partial charge on any atom is 0.119 e.